The van der Waals surface area contributed by atoms with E-state index in [1.54, 1.807) is 18.2 Å². The summed E-state index contributed by atoms with van der Waals surface area (Å²) < 4.78 is 99.9. The normalized spacial score (nSPS) is 14.2. The molecule has 0 spiro atoms. The van der Waals surface area contributed by atoms with Gasteiger partial charge in [-0.25, -0.2) is 8.42 Å². The molecule has 1 saturated heterocycles. The molecule has 0 atom stereocenters. The van der Waals surface area contributed by atoms with Gasteiger partial charge in [0.2, 0.25) is 9.84 Å². The summed E-state index contributed by atoms with van der Waals surface area (Å²) in [5.74, 6) is -6.94. The predicted octanol–water partition coefficient (Wildman–Crippen LogP) is 5.56. The van der Waals surface area contributed by atoms with E-state index in [4.69, 9.17) is 15.9 Å². The third-order valence-corrected chi connectivity index (χ3v) is 11.0. The Hall–Kier alpha value is -3.45. The molecular weight excluding hydrogens is 695 g/mol. The second kappa shape index (κ2) is 15.6. The van der Waals surface area contributed by atoms with Crippen molar-refractivity contribution in [2.24, 2.45) is 5.73 Å². The Labute approximate surface area is 274 Å². The molecule has 47 heavy (non-hydrogen) atoms. The van der Waals surface area contributed by atoms with Crippen molar-refractivity contribution in [1.82, 2.24) is 4.90 Å². The summed E-state index contributed by atoms with van der Waals surface area (Å²) in [4.78, 5) is 22.5. The van der Waals surface area contributed by atoms with Crippen molar-refractivity contribution in [3.05, 3.63) is 59.0 Å². The maximum absolute atomic E-state index is 13.5. The van der Waals surface area contributed by atoms with E-state index < -0.39 is 33.8 Å². The van der Waals surface area contributed by atoms with Gasteiger partial charge in [-0.3, -0.25) is 19.9 Å². The number of carbonyl (C=O) groups is 2. The van der Waals surface area contributed by atoms with Gasteiger partial charge in [0.05, 0.1) is 32.1 Å². The summed E-state index contributed by atoms with van der Waals surface area (Å²) in [5, 5.41) is 11.2. The van der Waals surface area contributed by atoms with Crippen LogP contribution in [0.25, 0.3) is 11.1 Å². The number of ether oxygens (including phenoxy) is 1. The Morgan fingerprint density at radius 3 is 2.17 bits per heavy atom. The summed E-state index contributed by atoms with van der Waals surface area (Å²) >= 11 is 2.57. The fourth-order valence-corrected chi connectivity index (χ4v) is 8.22. The van der Waals surface area contributed by atoms with Crippen LogP contribution >= 0.6 is 23.1 Å². The van der Waals surface area contributed by atoms with E-state index in [0.29, 0.717) is 9.09 Å². The number of morpholine rings is 1. The van der Waals surface area contributed by atoms with Crippen LogP contribution < -0.4 is 11.1 Å². The summed E-state index contributed by atoms with van der Waals surface area (Å²) in [7, 11) is -3.76. The number of alkyl halides is 6. The van der Waals surface area contributed by atoms with Gasteiger partial charge >= 0.3 is 23.9 Å². The van der Waals surface area contributed by atoms with Crippen LogP contribution in [0.1, 0.15) is 10.4 Å². The van der Waals surface area contributed by atoms with E-state index in [0.717, 1.165) is 61.8 Å². The number of benzene rings is 2. The number of ketones is 2. The van der Waals surface area contributed by atoms with Crippen molar-refractivity contribution in [2.75, 3.05) is 51.0 Å². The smallest absolute Gasteiger partial charge is 0.384 e. The lowest BCUT2D eigenvalue weighted by atomic mass is 10.00. The third-order valence-electron chi connectivity index (χ3n) is 6.67. The van der Waals surface area contributed by atoms with Crippen molar-refractivity contribution < 1.29 is 49.1 Å². The van der Waals surface area contributed by atoms with Crippen LogP contribution in [0.4, 0.5) is 32.0 Å². The van der Waals surface area contributed by atoms with Crippen LogP contribution in [0.2, 0.25) is 0 Å². The largest absolute Gasteiger partial charge is 0.458 e. The number of hydrogen-bond acceptors (Lipinski definition) is 10. The minimum absolute atomic E-state index is 0.130. The molecule has 2 heterocycles. The highest BCUT2D eigenvalue weighted by molar-refractivity contribution is 8.01. The standard InChI is InChI=1S/C25H30N4O3S3.C4F6O2/c1-17-14-19(28-8-9-29-10-12-32-13-11-29)6-7-21(17)18-4-3-5-20(15-18)35(30,31)23-16-22(24(26)27)34-25(23)33-2;5-3(6,7)1(11)2(12)4(8,9)10/h3-7,14-16,28H,8-13H2,1-2H3,(H3,26,27);. The van der Waals surface area contributed by atoms with Crippen LogP contribution in [0.3, 0.4) is 0 Å². The number of thiophene rings is 1. The number of Topliss-reactive ketones (excluding diaryl/α,β-unsaturated/α-hetero) is 2. The molecule has 0 saturated carbocycles. The zero-order valence-corrected chi connectivity index (χ0v) is 27.4. The molecule has 1 aliphatic heterocycles. The first-order valence-electron chi connectivity index (χ1n) is 13.6. The monoisotopic (exact) mass is 724 g/mol. The highest BCUT2D eigenvalue weighted by Gasteiger charge is 2.54. The number of hydrogen-bond donors (Lipinski definition) is 3. The summed E-state index contributed by atoms with van der Waals surface area (Å²) in [5.41, 5.74) is 9.55. The average molecular weight is 725 g/mol. The van der Waals surface area contributed by atoms with E-state index >= 15 is 0 Å². The molecule has 3 aromatic rings. The number of aryl methyl sites for hydroxylation is 1. The van der Waals surface area contributed by atoms with E-state index in [1.807, 2.05) is 31.4 Å². The molecule has 4 rings (SSSR count). The molecule has 1 fully saturated rings. The number of nitrogens with one attached hydrogen (secondary N) is 2. The first-order chi connectivity index (χ1) is 21.9. The zero-order valence-electron chi connectivity index (χ0n) is 24.9. The minimum atomic E-state index is -5.77. The van der Waals surface area contributed by atoms with Gasteiger partial charge in [-0.2, -0.15) is 26.3 Å². The Kier molecular flexibility index (Phi) is 12.6. The quantitative estimate of drug-likeness (QED) is 0.0806. The van der Waals surface area contributed by atoms with Crippen molar-refractivity contribution in [3.8, 4) is 11.1 Å². The fraction of sp³-hybridized carbons (Fsp3) is 0.345. The predicted molar refractivity (Wildman–Crippen MR) is 167 cm³/mol. The number of anilines is 1. The highest BCUT2D eigenvalue weighted by Crippen LogP contribution is 2.38. The van der Waals surface area contributed by atoms with E-state index in [9.17, 15) is 44.3 Å². The van der Waals surface area contributed by atoms with Crippen molar-refractivity contribution in [1.29, 1.82) is 5.41 Å². The van der Waals surface area contributed by atoms with Crippen LogP contribution in [-0.4, -0.2) is 88.7 Å². The van der Waals surface area contributed by atoms with Gasteiger partial charge in [0.15, 0.2) is 0 Å². The van der Waals surface area contributed by atoms with Gasteiger partial charge in [-0.1, -0.05) is 18.2 Å². The number of nitrogens with two attached hydrogens (primary N) is 1. The number of nitrogens with zero attached hydrogens (tertiary/aromatic N) is 1. The second-order valence-corrected chi connectivity index (χ2v) is 14.0. The molecule has 0 radical (unpaired) electrons. The molecule has 2 aromatic carbocycles. The molecule has 1 aromatic heterocycles. The van der Waals surface area contributed by atoms with E-state index in [2.05, 4.69) is 16.3 Å². The summed E-state index contributed by atoms with van der Waals surface area (Å²) in [6, 6.07) is 14.7. The SMILES string of the molecule is CSc1sc(C(=N)N)cc1S(=O)(=O)c1cccc(-c2ccc(NCCN3CCOCC3)cc2C)c1.O=C(C(=O)C(F)(F)F)C(F)(F)F. The number of halogens is 6. The Bertz CT molecular complexity index is 1700. The minimum Gasteiger partial charge on any atom is -0.384 e. The topological polar surface area (TPSA) is 143 Å². The molecular formula is C29H30F6N4O5S3. The van der Waals surface area contributed by atoms with Crippen molar-refractivity contribution in [3.63, 3.8) is 0 Å². The highest BCUT2D eigenvalue weighted by atomic mass is 32.2. The molecule has 0 unspecified atom stereocenters. The van der Waals surface area contributed by atoms with Crippen LogP contribution in [0.15, 0.2) is 62.5 Å². The Morgan fingerprint density at radius 1 is 1.02 bits per heavy atom. The Morgan fingerprint density at radius 2 is 1.64 bits per heavy atom. The molecule has 256 valence electrons. The molecule has 18 heteroatoms. The summed E-state index contributed by atoms with van der Waals surface area (Å²) in [6.07, 6.45) is -9.72. The van der Waals surface area contributed by atoms with Crippen LogP contribution in [0, 0.1) is 12.3 Å². The van der Waals surface area contributed by atoms with Gasteiger partial charge in [-0.15, -0.1) is 23.1 Å². The molecule has 0 aliphatic carbocycles. The van der Waals surface area contributed by atoms with Gasteiger partial charge in [-0.05, 0) is 60.2 Å². The molecule has 0 amide bonds. The molecule has 4 N–H and O–H groups in total. The number of thioether (sulfide) groups is 1. The number of sulfone groups is 1. The fourth-order valence-electron chi connectivity index (χ4n) is 4.32. The first kappa shape index (κ1) is 38.0. The molecule has 9 nitrogen and oxygen atoms in total. The van der Waals surface area contributed by atoms with Gasteiger partial charge < -0.3 is 15.8 Å². The van der Waals surface area contributed by atoms with Gasteiger partial charge in [0, 0.05) is 31.9 Å². The van der Waals surface area contributed by atoms with Crippen molar-refractivity contribution >= 4 is 56.0 Å². The lowest BCUT2D eigenvalue weighted by Gasteiger charge is -2.26. The Balaban J connectivity index is 0.000000426. The second-order valence-electron chi connectivity index (χ2n) is 9.98. The molecule has 0 bridgehead atoms. The number of carbonyl (C=O) groups excluding carboxylic acids is 2. The lowest BCUT2D eigenvalue weighted by molar-refractivity contribution is -0.193. The maximum atomic E-state index is 13.5. The number of rotatable bonds is 10. The first-order valence-corrected chi connectivity index (χ1v) is 17.1. The maximum Gasteiger partial charge on any atom is 0.458 e. The lowest BCUT2D eigenvalue weighted by Crippen LogP contribution is -2.39. The van der Waals surface area contributed by atoms with E-state index in [-0.39, 0.29) is 15.6 Å². The third kappa shape index (κ3) is 10.0. The zero-order chi connectivity index (χ0) is 35.2. The summed E-state index contributed by atoms with van der Waals surface area (Å²) in [6.45, 7) is 7.39. The average Bonchev–Trinajstić information content (AvgIpc) is 3.47. The van der Waals surface area contributed by atoms with Gasteiger partial charge in [0.1, 0.15) is 5.84 Å². The number of nitrogen functional groups attached to an aromatic ring is 1. The van der Waals surface area contributed by atoms with Crippen LogP contribution in [-0.2, 0) is 24.2 Å². The van der Waals surface area contributed by atoms with E-state index in [1.165, 1.54) is 29.2 Å². The van der Waals surface area contributed by atoms with Gasteiger partial charge in [0.25, 0.3) is 0 Å². The van der Waals surface area contributed by atoms with Crippen LogP contribution in [0.5, 0.6) is 0 Å². The number of amidine groups is 1. The van der Waals surface area contributed by atoms with Crippen molar-refractivity contribution in [2.45, 2.75) is 33.3 Å². The molecule has 1 aliphatic rings.